The Morgan fingerprint density at radius 2 is 1.90 bits per heavy atom. The number of halogens is 1. The zero-order valence-corrected chi connectivity index (χ0v) is 12.2. The van der Waals surface area contributed by atoms with E-state index in [9.17, 15) is 9.18 Å². The van der Waals surface area contributed by atoms with Crippen LogP contribution in [0.2, 0.25) is 0 Å². The zero-order valence-electron chi connectivity index (χ0n) is 12.2. The predicted octanol–water partition coefficient (Wildman–Crippen LogP) is 3.50. The third-order valence-electron chi connectivity index (χ3n) is 3.09. The highest BCUT2D eigenvalue weighted by molar-refractivity contribution is 5.94. The van der Waals surface area contributed by atoms with Gasteiger partial charge < -0.3 is 9.64 Å². The van der Waals surface area contributed by atoms with Crippen LogP contribution in [0.3, 0.4) is 0 Å². The van der Waals surface area contributed by atoms with Gasteiger partial charge in [-0.05, 0) is 30.7 Å². The lowest BCUT2D eigenvalue weighted by Crippen LogP contribution is -2.26. The average Bonchev–Trinajstić information content (AvgIpc) is 2.49. The third kappa shape index (κ3) is 3.81. The molecule has 0 heterocycles. The summed E-state index contributed by atoms with van der Waals surface area (Å²) in [4.78, 5) is 13.8. The molecule has 0 saturated heterocycles. The van der Waals surface area contributed by atoms with E-state index in [1.807, 2.05) is 30.3 Å². The average molecular weight is 287 g/mol. The molecule has 0 aliphatic rings. The summed E-state index contributed by atoms with van der Waals surface area (Å²) in [6.45, 7) is 2.65. The summed E-state index contributed by atoms with van der Waals surface area (Å²) in [7, 11) is 1.70. The molecule has 0 unspecified atom stereocenters. The Hall–Kier alpha value is -2.36. The number of benzene rings is 2. The molecule has 3 nitrogen and oxygen atoms in total. The number of hydrogen-bond donors (Lipinski definition) is 0. The Kier molecular flexibility index (Phi) is 4.93. The Morgan fingerprint density at radius 3 is 2.52 bits per heavy atom. The van der Waals surface area contributed by atoms with Crippen LogP contribution in [0.15, 0.2) is 48.5 Å². The molecule has 1 amide bonds. The molecule has 110 valence electrons. The largest absolute Gasteiger partial charge is 0.491 e. The second-order valence-electron chi connectivity index (χ2n) is 4.73. The Morgan fingerprint density at radius 1 is 1.19 bits per heavy atom. The standard InChI is InChI=1S/C17H18FNO2/c1-3-21-16-10-9-14(11-15(16)18)17(20)19(2)12-13-7-5-4-6-8-13/h4-11H,3,12H2,1-2H3. The molecule has 0 N–H and O–H groups in total. The smallest absolute Gasteiger partial charge is 0.254 e. The van der Waals surface area contributed by atoms with Gasteiger partial charge in [0.05, 0.1) is 6.61 Å². The van der Waals surface area contributed by atoms with Crippen molar-refractivity contribution >= 4 is 5.91 Å². The van der Waals surface area contributed by atoms with Crippen molar-refractivity contribution in [1.82, 2.24) is 4.90 Å². The number of carbonyl (C=O) groups is 1. The van der Waals surface area contributed by atoms with Gasteiger partial charge in [-0.1, -0.05) is 30.3 Å². The van der Waals surface area contributed by atoms with Gasteiger partial charge in [-0.3, -0.25) is 4.79 Å². The van der Waals surface area contributed by atoms with E-state index in [0.717, 1.165) is 5.56 Å². The van der Waals surface area contributed by atoms with Crippen LogP contribution in [0, 0.1) is 5.82 Å². The molecule has 2 rings (SSSR count). The van der Waals surface area contributed by atoms with Crippen molar-refractivity contribution in [3.05, 3.63) is 65.5 Å². The molecule has 0 bridgehead atoms. The van der Waals surface area contributed by atoms with Crippen LogP contribution < -0.4 is 4.74 Å². The molecule has 0 spiro atoms. The van der Waals surface area contributed by atoms with Gasteiger partial charge in [-0.15, -0.1) is 0 Å². The Balaban J connectivity index is 2.10. The summed E-state index contributed by atoms with van der Waals surface area (Å²) in [5.74, 6) is -0.573. The van der Waals surface area contributed by atoms with E-state index in [-0.39, 0.29) is 11.7 Å². The van der Waals surface area contributed by atoms with Gasteiger partial charge in [0.25, 0.3) is 5.91 Å². The Bertz CT molecular complexity index is 613. The second-order valence-corrected chi connectivity index (χ2v) is 4.73. The first-order chi connectivity index (χ1) is 10.1. The predicted molar refractivity (Wildman–Crippen MR) is 79.8 cm³/mol. The molecule has 0 aliphatic carbocycles. The van der Waals surface area contributed by atoms with Crippen LogP contribution in [0.1, 0.15) is 22.8 Å². The highest BCUT2D eigenvalue weighted by atomic mass is 19.1. The number of carbonyl (C=O) groups excluding carboxylic acids is 1. The van der Waals surface area contributed by atoms with Crippen molar-refractivity contribution in [1.29, 1.82) is 0 Å². The topological polar surface area (TPSA) is 29.5 Å². The van der Waals surface area contributed by atoms with E-state index in [4.69, 9.17) is 4.74 Å². The molecular formula is C17H18FNO2. The summed E-state index contributed by atoms with van der Waals surface area (Å²) in [6, 6.07) is 13.9. The Labute approximate surface area is 124 Å². The third-order valence-corrected chi connectivity index (χ3v) is 3.09. The molecule has 0 saturated carbocycles. The fourth-order valence-electron chi connectivity index (χ4n) is 2.06. The van der Waals surface area contributed by atoms with E-state index in [1.165, 1.54) is 12.1 Å². The van der Waals surface area contributed by atoms with Gasteiger partial charge in [-0.2, -0.15) is 0 Å². The van der Waals surface area contributed by atoms with Gasteiger partial charge in [-0.25, -0.2) is 4.39 Å². The lowest BCUT2D eigenvalue weighted by Gasteiger charge is -2.17. The maximum Gasteiger partial charge on any atom is 0.254 e. The van der Waals surface area contributed by atoms with Crippen LogP contribution in [0.5, 0.6) is 5.75 Å². The number of amides is 1. The zero-order chi connectivity index (χ0) is 15.2. The lowest BCUT2D eigenvalue weighted by atomic mass is 10.1. The quantitative estimate of drug-likeness (QED) is 0.842. The first-order valence-corrected chi connectivity index (χ1v) is 6.83. The van der Waals surface area contributed by atoms with Crippen LogP contribution in [-0.2, 0) is 6.54 Å². The van der Waals surface area contributed by atoms with E-state index in [2.05, 4.69) is 0 Å². The summed E-state index contributed by atoms with van der Waals surface area (Å²) >= 11 is 0. The molecule has 0 radical (unpaired) electrons. The molecule has 21 heavy (non-hydrogen) atoms. The summed E-state index contributed by atoms with van der Waals surface area (Å²) in [5.41, 5.74) is 1.34. The van der Waals surface area contributed by atoms with Crippen LogP contribution in [-0.4, -0.2) is 24.5 Å². The first-order valence-electron chi connectivity index (χ1n) is 6.83. The highest BCUT2D eigenvalue weighted by Gasteiger charge is 2.14. The van der Waals surface area contributed by atoms with Crippen LogP contribution >= 0.6 is 0 Å². The highest BCUT2D eigenvalue weighted by Crippen LogP contribution is 2.19. The van der Waals surface area contributed by atoms with Crippen molar-refractivity contribution in [3.63, 3.8) is 0 Å². The van der Waals surface area contributed by atoms with Crippen molar-refractivity contribution in [2.75, 3.05) is 13.7 Å². The van der Waals surface area contributed by atoms with Gasteiger partial charge in [0.2, 0.25) is 0 Å². The summed E-state index contributed by atoms with van der Waals surface area (Å²) < 4.78 is 18.9. The molecule has 2 aromatic rings. The molecule has 4 heteroatoms. The molecule has 2 aromatic carbocycles. The van der Waals surface area contributed by atoms with Crippen molar-refractivity contribution in [3.8, 4) is 5.75 Å². The van der Waals surface area contributed by atoms with Crippen molar-refractivity contribution in [2.45, 2.75) is 13.5 Å². The monoisotopic (exact) mass is 287 g/mol. The number of rotatable bonds is 5. The molecule has 0 aromatic heterocycles. The maximum absolute atomic E-state index is 13.8. The number of ether oxygens (including phenoxy) is 1. The van der Waals surface area contributed by atoms with Gasteiger partial charge >= 0.3 is 0 Å². The van der Waals surface area contributed by atoms with Gasteiger partial charge in [0.1, 0.15) is 0 Å². The lowest BCUT2D eigenvalue weighted by molar-refractivity contribution is 0.0784. The summed E-state index contributed by atoms with van der Waals surface area (Å²) in [6.07, 6.45) is 0. The van der Waals surface area contributed by atoms with Crippen molar-refractivity contribution in [2.24, 2.45) is 0 Å². The molecule has 0 fully saturated rings. The second kappa shape index (κ2) is 6.88. The maximum atomic E-state index is 13.8. The molecular weight excluding hydrogens is 269 g/mol. The van der Waals surface area contributed by atoms with E-state index in [1.54, 1.807) is 24.9 Å². The van der Waals surface area contributed by atoms with Gasteiger partial charge in [0, 0.05) is 19.2 Å². The minimum Gasteiger partial charge on any atom is -0.491 e. The first kappa shape index (κ1) is 15.0. The minimum atomic E-state index is -0.518. The minimum absolute atomic E-state index is 0.166. The summed E-state index contributed by atoms with van der Waals surface area (Å²) in [5, 5.41) is 0. The SMILES string of the molecule is CCOc1ccc(C(=O)N(C)Cc2ccccc2)cc1F. The normalized spacial score (nSPS) is 10.2. The van der Waals surface area contributed by atoms with E-state index < -0.39 is 5.82 Å². The molecule has 0 aliphatic heterocycles. The van der Waals surface area contributed by atoms with Crippen LogP contribution in [0.4, 0.5) is 4.39 Å². The van der Waals surface area contributed by atoms with Gasteiger partial charge in [0.15, 0.2) is 11.6 Å². The number of hydrogen-bond acceptors (Lipinski definition) is 2. The fraction of sp³-hybridized carbons (Fsp3) is 0.235. The fourth-order valence-corrected chi connectivity index (χ4v) is 2.06. The number of nitrogens with zero attached hydrogens (tertiary/aromatic N) is 1. The van der Waals surface area contributed by atoms with Crippen LogP contribution in [0.25, 0.3) is 0 Å². The van der Waals surface area contributed by atoms with Crippen molar-refractivity contribution < 1.29 is 13.9 Å². The van der Waals surface area contributed by atoms with E-state index in [0.29, 0.717) is 18.7 Å². The molecule has 0 atom stereocenters. The van der Waals surface area contributed by atoms with E-state index >= 15 is 0 Å².